The minimum Gasteiger partial charge on any atom is -0.390 e. The summed E-state index contributed by atoms with van der Waals surface area (Å²) in [5.74, 6) is 1.95. The number of aryl methyl sites for hydroxylation is 3. The fourth-order valence-electron chi connectivity index (χ4n) is 15.4. The maximum Gasteiger partial charge on any atom is 0.226 e. The molecule has 3 fully saturated rings. The highest BCUT2D eigenvalue weighted by Gasteiger charge is 2.37. The first-order valence-corrected chi connectivity index (χ1v) is 44.2. The number of halogens is 3. The first-order valence-electron chi connectivity index (χ1n) is 40.6. The topological polar surface area (TPSA) is 231 Å². The third-order valence-electron chi connectivity index (χ3n) is 21.6. The summed E-state index contributed by atoms with van der Waals surface area (Å²) in [6, 6.07) is 36.0. The largest absolute Gasteiger partial charge is 0.390 e. The molecule has 0 radical (unpaired) electrons. The van der Waals surface area contributed by atoms with Crippen LogP contribution in [0.1, 0.15) is 167 Å². The Morgan fingerprint density at radius 1 is 0.442 bits per heavy atom. The number of benzene rings is 6. The molecular formula is C93H107Cl3N14O7S3. The van der Waals surface area contributed by atoms with Crippen molar-refractivity contribution in [1.29, 1.82) is 0 Å². The molecule has 12 aromatic rings. The van der Waals surface area contributed by atoms with E-state index in [1.165, 1.54) is 0 Å². The van der Waals surface area contributed by atoms with Crippen molar-refractivity contribution in [2.24, 2.45) is 0 Å². The summed E-state index contributed by atoms with van der Waals surface area (Å²) in [6.45, 7) is 35.4. The van der Waals surface area contributed by atoms with Crippen molar-refractivity contribution in [3.8, 4) is 65.5 Å². The van der Waals surface area contributed by atoms with Crippen LogP contribution in [0, 0.1) is 20.8 Å². The summed E-state index contributed by atoms with van der Waals surface area (Å²) in [5.41, 5.74) is 13.8. The number of nitrogens with zero attached hydrogens (tertiary/aromatic N) is 14. The molecule has 3 atom stereocenters. The maximum absolute atomic E-state index is 13.0. The second-order valence-electron chi connectivity index (χ2n) is 35.1. The molecule has 15 rings (SSSR count). The number of Topliss-reactive ketones (excluding diaryl/α,β-unsaturated/α-hetero) is 3. The number of piperidine rings is 2. The number of aromatic nitrogens is 9. The highest BCUT2D eigenvalue weighted by molar-refractivity contribution is 7.23. The molecule has 120 heavy (non-hydrogen) atoms. The normalized spacial score (nSPS) is 15.7. The van der Waals surface area contributed by atoms with Gasteiger partial charge in [-0.15, -0.1) is 34.0 Å². The lowest BCUT2D eigenvalue weighted by Crippen LogP contribution is -2.58. The lowest BCUT2D eigenvalue weighted by atomic mass is 9.90. The number of hydrogen-bond donors (Lipinski definition) is 1. The number of rotatable bonds is 20. The van der Waals surface area contributed by atoms with E-state index in [1.807, 2.05) is 199 Å². The Balaban J connectivity index is 0.000000156. The predicted octanol–water partition coefficient (Wildman–Crippen LogP) is 21.1. The van der Waals surface area contributed by atoms with E-state index in [-0.39, 0.29) is 17.3 Å². The van der Waals surface area contributed by atoms with Gasteiger partial charge in [0.25, 0.3) is 0 Å². The Hall–Kier alpha value is -8.73. The first kappa shape index (κ1) is 89.0. The van der Waals surface area contributed by atoms with Gasteiger partial charge in [-0.1, -0.05) is 71.2 Å². The third-order valence-corrected chi connectivity index (χ3v) is 25.6. The molecule has 6 aromatic carbocycles. The average Bonchev–Trinajstić information content (AvgIpc) is 1.61. The quantitative estimate of drug-likeness (QED) is 0.0747. The van der Waals surface area contributed by atoms with Crippen LogP contribution < -0.4 is 14.7 Å². The van der Waals surface area contributed by atoms with E-state index >= 15 is 0 Å². The van der Waals surface area contributed by atoms with E-state index in [1.54, 1.807) is 67.2 Å². The van der Waals surface area contributed by atoms with Crippen LogP contribution in [0.15, 0.2) is 128 Å². The van der Waals surface area contributed by atoms with Crippen LogP contribution in [0.25, 0.3) is 96.1 Å². The van der Waals surface area contributed by atoms with Crippen molar-refractivity contribution in [3.05, 3.63) is 176 Å². The molecule has 3 aliphatic heterocycles. The standard InChI is InChI=1S/C32H38ClN5O2S.C31H35ClN4O3S.C30H34ClN5O2S/c1-19-18-25-29(27(21-8-10-22(33)11-9-21)26(19)28(20(2)39)40-32(3,4)5)41-30(35-25)24-12-15-34-31(36-24)38-16-13-23(14-17-38)37(6)7;1-18-17-23-27(25(20-7-9-21(32)10-8-20)24(18)26(19(2)37)39-30(3,4)5)40-28(34-23)22-11-14-33-29(35-22)36-15-12-31(6,38)13-16-36;1-17-14-23-27(39-28(33-23)22-12-13-32-29(34-22)36-15-21(16-36)35(6)7)25(19-8-10-20(31)11-9-19)24(17)26(18(2)37)38-30(3,4)5/h8-12,15,18,23,28H,13-14,16-17H2,1-7H3;7-11,14,17,26,38H,12-13,15-16H2,1-6H3;8-14,21,26H,15-16H2,1-7H3/t28-;2*26-/m111/s1. The van der Waals surface area contributed by atoms with Crippen LogP contribution in [0.3, 0.4) is 0 Å². The highest BCUT2D eigenvalue weighted by atomic mass is 35.5. The number of ketones is 3. The van der Waals surface area contributed by atoms with Crippen LogP contribution in [0.5, 0.6) is 0 Å². The Labute approximate surface area is 730 Å². The molecule has 0 saturated carbocycles. The molecule has 0 bridgehead atoms. The summed E-state index contributed by atoms with van der Waals surface area (Å²) in [7, 11) is 8.48. The van der Waals surface area contributed by atoms with Crippen molar-refractivity contribution >= 4 is 135 Å². The molecular weight excluding hydrogens is 1630 g/mol. The van der Waals surface area contributed by atoms with Gasteiger partial charge in [0.05, 0.1) is 53.1 Å². The maximum atomic E-state index is 13.0. The fourth-order valence-corrected chi connectivity index (χ4v) is 19.0. The fraction of sp³-hybridized carbons (Fsp3) is 0.419. The molecule has 27 heteroatoms. The Morgan fingerprint density at radius 2 is 0.725 bits per heavy atom. The second-order valence-corrected chi connectivity index (χ2v) is 39.5. The monoisotopic (exact) mass is 1730 g/mol. The van der Waals surface area contributed by atoms with Gasteiger partial charge < -0.3 is 43.8 Å². The molecule has 0 spiro atoms. The summed E-state index contributed by atoms with van der Waals surface area (Å²) < 4.78 is 22.0. The van der Waals surface area contributed by atoms with Gasteiger partial charge in [-0.05, 0) is 271 Å². The lowest BCUT2D eigenvalue weighted by Gasteiger charge is -2.42. The molecule has 6 aromatic heterocycles. The van der Waals surface area contributed by atoms with Crippen molar-refractivity contribution < 1.29 is 33.7 Å². The van der Waals surface area contributed by atoms with Crippen LogP contribution in [0.2, 0.25) is 15.1 Å². The van der Waals surface area contributed by atoms with Gasteiger partial charge in [-0.25, -0.2) is 44.9 Å². The number of fused-ring (bicyclic) bond motifs is 3. The van der Waals surface area contributed by atoms with E-state index in [9.17, 15) is 19.5 Å². The number of aliphatic hydroxyl groups is 1. The first-order chi connectivity index (χ1) is 56.6. The molecule has 9 heterocycles. The van der Waals surface area contributed by atoms with Gasteiger partial charge in [0, 0.05) is 118 Å². The molecule has 0 amide bonds. The van der Waals surface area contributed by atoms with E-state index in [0.717, 1.165) is 180 Å². The van der Waals surface area contributed by atoms with Crippen molar-refractivity contribution in [2.75, 3.05) is 82.2 Å². The molecule has 21 nitrogen and oxygen atoms in total. The number of carbonyl (C=O) groups is 3. The molecule has 0 unspecified atom stereocenters. The van der Waals surface area contributed by atoms with Crippen LogP contribution >= 0.6 is 68.8 Å². The van der Waals surface area contributed by atoms with E-state index in [4.69, 9.17) is 78.9 Å². The minimum absolute atomic E-state index is 0.0409. The minimum atomic E-state index is -0.734. The zero-order valence-corrected chi connectivity index (χ0v) is 76.8. The lowest BCUT2D eigenvalue weighted by molar-refractivity contribution is -0.139. The number of carbonyl (C=O) groups excluding carboxylic acids is 3. The van der Waals surface area contributed by atoms with Crippen molar-refractivity contribution in [3.63, 3.8) is 0 Å². The molecule has 0 aliphatic carbocycles. The summed E-state index contributed by atoms with van der Waals surface area (Å²) in [5, 5.41) is 14.7. The van der Waals surface area contributed by atoms with Gasteiger partial charge in [-0.3, -0.25) is 14.4 Å². The van der Waals surface area contributed by atoms with E-state index in [2.05, 4.69) is 73.7 Å². The van der Waals surface area contributed by atoms with E-state index in [0.29, 0.717) is 59.0 Å². The van der Waals surface area contributed by atoms with Crippen molar-refractivity contribution in [1.82, 2.24) is 54.7 Å². The smallest absolute Gasteiger partial charge is 0.226 e. The number of anilines is 3. The summed E-state index contributed by atoms with van der Waals surface area (Å²) in [6.07, 6.45) is 6.72. The van der Waals surface area contributed by atoms with Crippen LogP contribution in [-0.4, -0.2) is 179 Å². The van der Waals surface area contributed by atoms with Crippen LogP contribution in [0.4, 0.5) is 17.8 Å². The Bertz CT molecular complexity index is 5740. The molecule has 3 aliphatic rings. The van der Waals surface area contributed by atoms with Crippen LogP contribution in [-0.2, 0) is 28.6 Å². The Kier molecular flexibility index (Phi) is 27.0. The van der Waals surface area contributed by atoms with Gasteiger partial charge in [0.15, 0.2) is 17.3 Å². The molecule has 630 valence electrons. The van der Waals surface area contributed by atoms with Gasteiger partial charge in [0.2, 0.25) is 17.8 Å². The second kappa shape index (κ2) is 36.4. The number of thiazole rings is 3. The molecule has 3 saturated heterocycles. The van der Waals surface area contributed by atoms with Crippen molar-refractivity contribution in [2.45, 2.75) is 189 Å². The predicted molar refractivity (Wildman–Crippen MR) is 491 cm³/mol. The number of ether oxygens (including phenoxy) is 3. The molecule has 1 N–H and O–H groups in total. The van der Waals surface area contributed by atoms with E-state index < -0.39 is 40.7 Å². The third kappa shape index (κ3) is 20.8. The summed E-state index contributed by atoms with van der Waals surface area (Å²) >= 11 is 23.4. The van der Waals surface area contributed by atoms with Gasteiger partial charge >= 0.3 is 0 Å². The number of likely N-dealkylation sites (N-methyl/N-ethyl adjacent to an activating group) is 1. The highest BCUT2D eigenvalue weighted by Crippen LogP contribution is 2.49. The van der Waals surface area contributed by atoms with Gasteiger partial charge in [0.1, 0.15) is 50.4 Å². The SMILES string of the molecule is CC(=O)[C@@H](OC(C)(C)C)c1c(C)cc2nc(-c3ccnc(N4CC(N(C)C)C4)n3)sc2c1-c1ccc(Cl)cc1.CC(=O)[C@@H](OC(C)(C)C)c1c(C)cc2nc(-c3ccnc(N4CCC(C)(O)CC4)n3)sc2c1-c1ccc(Cl)cc1.CC(=O)[C@@H](OC(C)(C)C)c1c(C)cc2nc(-c3ccnc(N4CCC(N(C)C)CC4)n3)sc2c1-c1ccc(Cl)cc1. The zero-order chi connectivity index (χ0) is 86.4. The average molecular weight is 1740 g/mol. The zero-order valence-electron chi connectivity index (χ0n) is 72.1. The summed E-state index contributed by atoms with van der Waals surface area (Å²) in [4.78, 5) is 93.5. The Morgan fingerprint density at radius 3 is 1.00 bits per heavy atom. The number of hydrogen-bond acceptors (Lipinski definition) is 24. The van der Waals surface area contributed by atoms with Gasteiger partial charge in [-0.2, -0.15) is 0 Å².